The lowest BCUT2D eigenvalue weighted by atomic mass is 9.95. The number of ether oxygens (including phenoxy) is 1. The van der Waals surface area contributed by atoms with Crippen molar-refractivity contribution < 1.29 is 9.53 Å². The molecule has 0 aliphatic heterocycles. The van der Waals surface area contributed by atoms with Crippen molar-refractivity contribution in [1.29, 1.82) is 0 Å². The van der Waals surface area contributed by atoms with E-state index in [1.54, 1.807) is 13.3 Å². The molecule has 1 aromatic carbocycles. The number of benzene rings is 1. The Labute approximate surface area is 137 Å². The largest absolute Gasteiger partial charge is 0.497 e. The molecule has 5 nitrogen and oxygen atoms in total. The average Bonchev–Trinajstić information content (AvgIpc) is 2.61. The fourth-order valence-corrected chi connectivity index (χ4v) is 2.31. The van der Waals surface area contributed by atoms with E-state index < -0.39 is 0 Å². The molecule has 1 heterocycles. The SMILES string of the molecule is CCCNC(=O)NCC(c1ccc(OC)cc1)c1ccccn1. The quantitative estimate of drug-likeness (QED) is 0.826. The summed E-state index contributed by atoms with van der Waals surface area (Å²) in [4.78, 5) is 16.2. The molecule has 0 aliphatic carbocycles. The lowest BCUT2D eigenvalue weighted by Gasteiger charge is -2.18. The monoisotopic (exact) mass is 313 g/mol. The molecule has 1 atom stereocenters. The molecule has 0 saturated carbocycles. The predicted octanol–water partition coefficient (Wildman–Crippen LogP) is 2.93. The number of methoxy groups -OCH3 is 1. The van der Waals surface area contributed by atoms with E-state index in [-0.39, 0.29) is 11.9 Å². The highest BCUT2D eigenvalue weighted by Gasteiger charge is 2.16. The van der Waals surface area contributed by atoms with Crippen molar-refractivity contribution in [3.8, 4) is 5.75 Å². The van der Waals surface area contributed by atoms with Gasteiger partial charge in [0.1, 0.15) is 5.75 Å². The van der Waals surface area contributed by atoms with Crippen LogP contribution in [0.25, 0.3) is 0 Å². The summed E-state index contributed by atoms with van der Waals surface area (Å²) in [6, 6.07) is 13.5. The van der Waals surface area contributed by atoms with Crippen LogP contribution in [0.2, 0.25) is 0 Å². The van der Waals surface area contributed by atoms with Gasteiger partial charge in [0.15, 0.2) is 0 Å². The molecule has 2 aromatic rings. The second-order valence-corrected chi connectivity index (χ2v) is 5.22. The Balaban J connectivity index is 2.13. The topological polar surface area (TPSA) is 63.2 Å². The average molecular weight is 313 g/mol. The standard InChI is InChI=1S/C18H23N3O2/c1-3-11-20-18(22)21-13-16(17-6-4-5-12-19-17)14-7-9-15(23-2)10-8-14/h4-10,12,16H,3,11,13H2,1-2H3,(H2,20,21,22). The number of aromatic nitrogens is 1. The van der Waals surface area contributed by atoms with Crippen LogP contribution in [0.1, 0.15) is 30.5 Å². The maximum atomic E-state index is 11.8. The van der Waals surface area contributed by atoms with Crippen LogP contribution >= 0.6 is 0 Å². The lowest BCUT2D eigenvalue weighted by molar-refractivity contribution is 0.240. The molecule has 0 saturated heterocycles. The summed E-state index contributed by atoms with van der Waals surface area (Å²) in [5.74, 6) is 0.802. The van der Waals surface area contributed by atoms with Crippen molar-refractivity contribution in [2.45, 2.75) is 19.3 Å². The van der Waals surface area contributed by atoms with Gasteiger partial charge in [-0.15, -0.1) is 0 Å². The van der Waals surface area contributed by atoms with Gasteiger partial charge < -0.3 is 15.4 Å². The first kappa shape index (κ1) is 16.8. The summed E-state index contributed by atoms with van der Waals surface area (Å²) in [5.41, 5.74) is 2.01. The van der Waals surface area contributed by atoms with Gasteiger partial charge in [0.2, 0.25) is 0 Å². The Morgan fingerprint density at radius 1 is 1.17 bits per heavy atom. The molecule has 1 aromatic heterocycles. The van der Waals surface area contributed by atoms with Crippen LogP contribution in [-0.2, 0) is 0 Å². The van der Waals surface area contributed by atoms with E-state index in [1.807, 2.05) is 49.4 Å². The van der Waals surface area contributed by atoms with Crippen LogP contribution in [0.15, 0.2) is 48.7 Å². The van der Waals surface area contributed by atoms with Crippen molar-refractivity contribution >= 4 is 6.03 Å². The lowest BCUT2D eigenvalue weighted by Crippen LogP contribution is -2.38. The molecule has 1 unspecified atom stereocenters. The van der Waals surface area contributed by atoms with Crippen LogP contribution in [0.5, 0.6) is 5.75 Å². The Morgan fingerprint density at radius 2 is 1.96 bits per heavy atom. The van der Waals surface area contributed by atoms with Gasteiger partial charge in [-0.05, 0) is 36.2 Å². The van der Waals surface area contributed by atoms with Crippen molar-refractivity contribution in [2.75, 3.05) is 20.2 Å². The number of pyridine rings is 1. The van der Waals surface area contributed by atoms with E-state index in [0.717, 1.165) is 23.4 Å². The number of hydrogen-bond acceptors (Lipinski definition) is 3. The third kappa shape index (κ3) is 4.98. The summed E-state index contributed by atoms with van der Waals surface area (Å²) in [6.45, 7) is 3.18. The smallest absolute Gasteiger partial charge is 0.314 e. The van der Waals surface area contributed by atoms with Gasteiger partial charge in [-0.3, -0.25) is 4.98 Å². The molecule has 2 rings (SSSR count). The van der Waals surface area contributed by atoms with E-state index >= 15 is 0 Å². The Bertz CT molecular complexity index is 599. The molecule has 23 heavy (non-hydrogen) atoms. The first-order chi connectivity index (χ1) is 11.2. The summed E-state index contributed by atoms with van der Waals surface area (Å²) in [6.07, 6.45) is 2.68. The number of urea groups is 1. The highest BCUT2D eigenvalue weighted by molar-refractivity contribution is 5.73. The van der Waals surface area contributed by atoms with E-state index in [1.165, 1.54) is 0 Å². The number of carbonyl (C=O) groups is 1. The molecule has 2 N–H and O–H groups in total. The van der Waals surface area contributed by atoms with E-state index in [4.69, 9.17) is 4.74 Å². The second kappa shape index (κ2) is 8.78. The van der Waals surface area contributed by atoms with Gasteiger partial charge in [0.25, 0.3) is 0 Å². The van der Waals surface area contributed by atoms with Crippen LogP contribution in [0, 0.1) is 0 Å². The number of carbonyl (C=O) groups excluding carboxylic acids is 1. The molecular weight excluding hydrogens is 290 g/mol. The number of nitrogens with one attached hydrogen (secondary N) is 2. The van der Waals surface area contributed by atoms with Gasteiger partial charge in [0.05, 0.1) is 7.11 Å². The zero-order valence-corrected chi connectivity index (χ0v) is 13.6. The number of rotatable bonds is 7. The van der Waals surface area contributed by atoms with Crippen molar-refractivity contribution in [2.24, 2.45) is 0 Å². The van der Waals surface area contributed by atoms with Crippen LogP contribution in [0.4, 0.5) is 4.79 Å². The first-order valence-corrected chi connectivity index (χ1v) is 7.81. The van der Waals surface area contributed by atoms with Crippen LogP contribution < -0.4 is 15.4 Å². The highest BCUT2D eigenvalue weighted by Crippen LogP contribution is 2.24. The highest BCUT2D eigenvalue weighted by atomic mass is 16.5. The molecule has 0 spiro atoms. The summed E-state index contributed by atoms with van der Waals surface area (Å²) >= 11 is 0. The van der Waals surface area contributed by atoms with Crippen molar-refractivity contribution in [3.05, 3.63) is 59.9 Å². The minimum atomic E-state index is -0.152. The maximum absolute atomic E-state index is 11.8. The number of nitrogens with zero attached hydrogens (tertiary/aromatic N) is 1. The molecule has 122 valence electrons. The van der Waals surface area contributed by atoms with Crippen molar-refractivity contribution in [1.82, 2.24) is 15.6 Å². The summed E-state index contributed by atoms with van der Waals surface area (Å²) in [5, 5.41) is 5.74. The zero-order chi connectivity index (χ0) is 16.5. The van der Waals surface area contributed by atoms with E-state index in [9.17, 15) is 4.79 Å². The number of amides is 2. The van der Waals surface area contributed by atoms with E-state index in [2.05, 4.69) is 15.6 Å². The number of hydrogen-bond donors (Lipinski definition) is 2. The molecule has 2 amide bonds. The molecule has 0 bridgehead atoms. The fourth-order valence-electron chi connectivity index (χ4n) is 2.31. The normalized spacial score (nSPS) is 11.6. The Hall–Kier alpha value is -2.56. The first-order valence-electron chi connectivity index (χ1n) is 7.81. The van der Waals surface area contributed by atoms with Gasteiger partial charge in [-0.1, -0.05) is 25.1 Å². The molecule has 0 fully saturated rings. The maximum Gasteiger partial charge on any atom is 0.314 e. The van der Waals surface area contributed by atoms with Crippen LogP contribution in [0.3, 0.4) is 0 Å². The third-order valence-electron chi connectivity index (χ3n) is 3.57. The second-order valence-electron chi connectivity index (χ2n) is 5.22. The van der Waals surface area contributed by atoms with Gasteiger partial charge in [0, 0.05) is 30.9 Å². The Kier molecular flexibility index (Phi) is 6.41. The molecular formula is C18H23N3O2. The Morgan fingerprint density at radius 3 is 2.57 bits per heavy atom. The predicted molar refractivity (Wildman–Crippen MR) is 90.8 cm³/mol. The molecule has 0 aliphatic rings. The zero-order valence-electron chi connectivity index (χ0n) is 13.6. The van der Waals surface area contributed by atoms with Gasteiger partial charge in [-0.2, -0.15) is 0 Å². The van der Waals surface area contributed by atoms with Gasteiger partial charge in [-0.25, -0.2) is 4.79 Å². The molecule has 5 heteroatoms. The molecule has 0 radical (unpaired) electrons. The van der Waals surface area contributed by atoms with Crippen LogP contribution in [-0.4, -0.2) is 31.2 Å². The minimum absolute atomic E-state index is 0.00511. The summed E-state index contributed by atoms with van der Waals surface area (Å²) < 4.78 is 5.20. The summed E-state index contributed by atoms with van der Waals surface area (Å²) in [7, 11) is 1.64. The van der Waals surface area contributed by atoms with E-state index in [0.29, 0.717) is 13.1 Å². The minimum Gasteiger partial charge on any atom is -0.497 e. The third-order valence-corrected chi connectivity index (χ3v) is 3.57. The van der Waals surface area contributed by atoms with Gasteiger partial charge >= 0.3 is 6.03 Å². The van der Waals surface area contributed by atoms with Crippen molar-refractivity contribution in [3.63, 3.8) is 0 Å². The fraction of sp³-hybridized carbons (Fsp3) is 0.333.